The standard InChI is InChI=1S/C33H45N3O4/c1-5-23(4)31(33(39)35-19-24-12-7-6-8-13-24)36-32(38)28(22(2)3)18-30(37)29(34)21-40-20-26-16-11-15-25-14-9-10-17-27(25)26/h6-17,22-23,28-31,37H,5,18-21,34H2,1-4H3,(H,35,39)(H,36,38)/t23-,28-,29-,30-,31-/m0/s1. The van der Waals surface area contributed by atoms with Gasteiger partial charge in [0.15, 0.2) is 0 Å². The molecule has 3 aromatic carbocycles. The van der Waals surface area contributed by atoms with Gasteiger partial charge in [-0.3, -0.25) is 9.59 Å². The van der Waals surface area contributed by atoms with Gasteiger partial charge in [0.1, 0.15) is 6.04 Å². The average molecular weight is 548 g/mol. The molecule has 0 saturated heterocycles. The fourth-order valence-electron chi connectivity index (χ4n) is 4.81. The maximum Gasteiger partial charge on any atom is 0.243 e. The Hall–Kier alpha value is -3.26. The average Bonchev–Trinajstić information content (AvgIpc) is 2.97. The molecule has 3 aromatic rings. The lowest BCUT2D eigenvalue weighted by atomic mass is 9.86. The highest BCUT2D eigenvalue weighted by Gasteiger charge is 2.32. The van der Waals surface area contributed by atoms with Crippen LogP contribution in [0.2, 0.25) is 0 Å². The fourth-order valence-corrected chi connectivity index (χ4v) is 4.81. The topological polar surface area (TPSA) is 114 Å². The summed E-state index contributed by atoms with van der Waals surface area (Å²) < 4.78 is 5.88. The molecular formula is C33H45N3O4. The van der Waals surface area contributed by atoms with Crippen molar-refractivity contribution >= 4 is 22.6 Å². The third-order valence-electron chi connectivity index (χ3n) is 7.68. The Kier molecular flexibility index (Phi) is 12.1. The van der Waals surface area contributed by atoms with Crippen LogP contribution in [0, 0.1) is 17.8 Å². The Morgan fingerprint density at radius 2 is 1.60 bits per heavy atom. The van der Waals surface area contributed by atoms with Gasteiger partial charge in [-0.05, 0) is 40.2 Å². The summed E-state index contributed by atoms with van der Waals surface area (Å²) in [5, 5.41) is 19.1. The van der Waals surface area contributed by atoms with E-state index >= 15 is 0 Å². The lowest BCUT2D eigenvalue weighted by Gasteiger charge is -2.29. The second-order valence-corrected chi connectivity index (χ2v) is 11.0. The van der Waals surface area contributed by atoms with E-state index in [1.54, 1.807) is 0 Å². The van der Waals surface area contributed by atoms with Gasteiger partial charge < -0.3 is 26.2 Å². The zero-order valence-electron chi connectivity index (χ0n) is 24.2. The fraction of sp³-hybridized carbons (Fsp3) is 0.455. The van der Waals surface area contributed by atoms with Crippen molar-refractivity contribution in [1.82, 2.24) is 10.6 Å². The summed E-state index contributed by atoms with van der Waals surface area (Å²) in [6.07, 6.45) is -0.0155. The summed E-state index contributed by atoms with van der Waals surface area (Å²) in [4.78, 5) is 26.5. The first-order valence-electron chi connectivity index (χ1n) is 14.3. The number of rotatable bonds is 15. The number of aliphatic hydroxyl groups is 1. The number of fused-ring (bicyclic) bond motifs is 1. The van der Waals surface area contributed by atoms with Crippen molar-refractivity contribution < 1.29 is 19.4 Å². The van der Waals surface area contributed by atoms with E-state index in [9.17, 15) is 14.7 Å². The Morgan fingerprint density at radius 1 is 0.925 bits per heavy atom. The van der Waals surface area contributed by atoms with Crippen LogP contribution >= 0.6 is 0 Å². The normalized spacial score (nSPS) is 15.3. The molecule has 2 amide bonds. The smallest absolute Gasteiger partial charge is 0.243 e. The Balaban J connectivity index is 1.56. The summed E-state index contributed by atoms with van der Waals surface area (Å²) in [5.41, 5.74) is 8.33. The van der Waals surface area contributed by atoms with Crippen LogP contribution in [0.15, 0.2) is 72.8 Å². The number of carbonyl (C=O) groups is 2. The monoisotopic (exact) mass is 547 g/mol. The number of carbonyl (C=O) groups excluding carboxylic acids is 2. The first kappa shape index (κ1) is 31.3. The zero-order valence-corrected chi connectivity index (χ0v) is 24.2. The number of benzene rings is 3. The minimum absolute atomic E-state index is 0.0524. The van der Waals surface area contributed by atoms with E-state index in [4.69, 9.17) is 10.5 Å². The molecule has 0 aliphatic heterocycles. The zero-order chi connectivity index (χ0) is 29.1. The van der Waals surface area contributed by atoms with Gasteiger partial charge in [0.2, 0.25) is 11.8 Å². The molecule has 3 rings (SSSR count). The number of nitrogens with one attached hydrogen (secondary N) is 2. The molecule has 5 atom stereocenters. The maximum atomic E-state index is 13.4. The van der Waals surface area contributed by atoms with Crippen LogP contribution in [-0.2, 0) is 27.5 Å². The van der Waals surface area contributed by atoms with Gasteiger partial charge >= 0.3 is 0 Å². The largest absolute Gasteiger partial charge is 0.391 e. The minimum atomic E-state index is -0.931. The van der Waals surface area contributed by atoms with E-state index in [0.717, 1.165) is 28.3 Å². The lowest BCUT2D eigenvalue weighted by molar-refractivity contribution is -0.134. The summed E-state index contributed by atoms with van der Waals surface area (Å²) >= 11 is 0. The first-order chi connectivity index (χ1) is 19.2. The second-order valence-electron chi connectivity index (χ2n) is 11.0. The molecule has 40 heavy (non-hydrogen) atoms. The summed E-state index contributed by atoms with van der Waals surface area (Å²) in [7, 11) is 0. The predicted octanol–water partition coefficient (Wildman–Crippen LogP) is 4.55. The van der Waals surface area contributed by atoms with Gasteiger partial charge in [0, 0.05) is 12.5 Å². The van der Waals surface area contributed by atoms with Gasteiger partial charge in [0.05, 0.1) is 25.4 Å². The highest BCUT2D eigenvalue weighted by molar-refractivity contribution is 5.89. The lowest BCUT2D eigenvalue weighted by Crippen LogP contribution is -2.52. The summed E-state index contributed by atoms with van der Waals surface area (Å²) in [6, 6.07) is 22.5. The Morgan fingerprint density at radius 3 is 2.30 bits per heavy atom. The van der Waals surface area contributed by atoms with E-state index in [1.165, 1.54) is 0 Å². The third-order valence-corrected chi connectivity index (χ3v) is 7.68. The highest BCUT2D eigenvalue weighted by Crippen LogP contribution is 2.22. The molecule has 0 fully saturated rings. The molecule has 0 saturated carbocycles. The third kappa shape index (κ3) is 8.88. The van der Waals surface area contributed by atoms with E-state index in [0.29, 0.717) is 13.2 Å². The first-order valence-corrected chi connectivity index (χ1v) is 14.3. The minimum Gasteiger partial charge on any atom is -0.391 e. The molecule has 0 radical (unpaired) electrons. The molecule has 216 valence electrons. The highest BCUT2D eigenvalue weighted by atomic mass is 16.5. The van der Waals surface area contributed by atoms with E-state index in [1.807, 2.05) is 82.3 Å². The molecule has 7 nitrogen and oxygen atoms in total. The second kappa shape index (κ2) is 15.5. The van der Waals surface area contributed by atoms with Crippen LogP contribution in [0.3, 0.4) is 0 Å². The molecule has 0 aliphatic carbocycles. The molecule has 0 aromatic heterocycles. The SMILES string of the molecule is CC[C@H](C)[C@H](NC(=O)[C@@H](C[C@H](O)[C@@H](N)COCc1cccc2ccccc12)C(C)C)C(=O)NCc1ccccc1. The van der Waals surface area contributed by atoms with Gasteiger partial charge in [0.25, 0.3) is 0 Å². The number of amides is 2. The number of nitrogens with two attached hydrogens (primary N) is 1. The quantitative estimate of drug-likeness (QED) is 0.223. The molecule has 0 spiro atoms. The van der Waals surface area contributed by atoms with Gasteiger partial charge in [-0.15, -0.1) is 0 Å². The van der Waals surface area contributed by atoms with Crippen LogP contribution < -0.4 is 16.4 Å². The van der Waals surface area contributed by atoms with Crippen molar-refractivity contribution in [3.8, 4) is 0 Å². The number of aliphatic hydroxyl groups excluding tert-OH is 1. The van der Waals surface area contributed by atoms with Crippen LogP contribution in [0.4, 0.5) is 0 Å². The molecule has 0 heterocycles. The van der Waals surface area contributed by atoms with Crippen LogP contribution in [0.25, 0.3) is 10.8 Å². The summed E-state index contributed by atoms with van der Waals surface area (Å²) in [6.45, 7) is 8.76. The Labute approximate surface area is 238 Å². The molecule has 0 aliphatic rings. The van der Waals surface area contributed by atoms with E-state index in [2.05, 4.69) is 28.8 Å². The van der Waals surface area contributed by atoms with Crippen LogP contribution in [-0.4, -0.2) is 41.7 Å². The molecule has 5 N–H and O–H groups in total. The van der Waals surface area contributed by atoms with E-state index < -0.39 is 24.1 Å². The number of ether oxygens (including phenoxy) is 1. The van der Waals surface area contributed by atoms with Crippen molar-refractivity contribution in [3.63, 3.8) is 0 Å². The van der Waals surface area contributed by atoms with Gasteiger partial charge in [-0.25, -0.2) is 0 Å². The Bertz CT molecular complexity index is 1210. The summed E-state index contributed by atoms with van der Waals surface area (Å²) in [5.74, 6) is -1.08. The van der Waals surface area contributed by atoms with E-state index in [-0.39, 0.29) is 36.7 Å². The predicted molar refractivity (Wildman–Crippen MR) is 160 cm³/mol. The molecule has 0 bridgehead atoms. The van der Waals surface area contributed by atoms with Crippen molar-refractivity contribution in [1.29, 1.82) is 0 Å². The van der Waals surface area contributed by atoms with Crippen molar-refractivity contribution in [3.05, 3.63) is 83.9 Å². The van der Waals surface area contributed by atoms with Crippen LogP contribution in [0.5, 0.6) is 0 Å². The maximum absolute atomic E-state index is 13.4. The van der Waals surface area contributed by atoms with Gasteiger partial charge in [-0.2, -0.15) is 0 Å². The molecule has 0 unspecified atom stereocenters. The number of hydrogen-bond acceptors (Lipinski definition) is 5. The van der Waals surface area contributed by atoms with Gasteiger partial charge in [-0.1, -0.05) is 107 Å². The van der Waals surface area contributed by atoms with Crippen LogP contribution in [0.1, 0.15) is 51.7 Å². The van der Waals surface area contributed by atoms with Crippen molar-refractivity contribution in [2.75, 3.05) is 6.61 Å². The van der Waals surface area contributed by atoms with Crippen molar-refractivity contribution in [2.45, 2.75) is 71.9 Å². The molecule has 7 heteroatoms. The molecular weight excluding hydrogens is 502 g/mol. The van der Waals surface area contributed by atoms with Crippen molar-refractivity contribution in [2.24, 2.45) is 23.5 Å². The number of hydrogen-bond donors (Lipinski definition) is 4.